The molecule has 56 heavy (non-hydrogen) atoms. The highest BCUT2D eigenvalue weighted by Crippen LogP contribution is 2.29. The molecule has 16 nitrogen and oxygen atoms in total. The van der Waals surface area contributed by atoms with Crippen molar-refractivity contribution in [2.45, 2.75) is 144 Å². The van der Waals surface area contributed by atoms with Gasteiger partial charge >= 0.3 is 0 Å². The number of carbonyl (C=O) groups is 5. The predicted molar refractivity (Wildman–Crippen MR) is 223 cm³/mol. The Morgan fingerprint density at radius 2 is 1.11 bits per heavy atom. The molecule has 0 atom stereocenters. The highest BCUT2D eigenvalue weighted by Gasteiger charge is 2.37. The van der Waals surface area contributed by atoms with Crippen molar-refractivity contribution in [1.82, 2.24) is 31.1 Å². The fourth-order valence-corrected chi connectivity index (χ4v) is 7.17. The van der Waals surface area contributed by atoms with E-state index >= 15 is 0 Å². The van der Waals surface area contributed by atoms with Crippen LogP contribution in [0.3, 0.4) is 0 Å². The first-order valence-electron chi connectivity index (χ1n) is 18.4. The van der Waals surface area contributed by atoms with Gasteiger partial charge in [-0.15, -0.1) is 0 Å². The largest absolute Gasteiger partial charge is 0.358 e. The number of hydrogen-bond donors (Lipinski definition) is 8. The van der Waals surface area contributed by atoms with Crippen LogP contribution in [0.1, 0.15) is 122 Å². The highest BCUT2D eigenvalue weighted by atomic mass is 32.1. The number of amides is 5. The molecule has 0 unspecified atom stereocenters. The topological polar surface area (TPSA) is 216 Å². The van der Waals surface area contributed by atoms with Crippen molar-refractivity contribution in [3.8, 4) is 0 Å². The van der Waals surface area contributed by atoms with Crippen LogP contribution in [0.25, 0.3) is 0 Å². The lowest BCUT2D eigenvalue weighted by Gasteiger charge is -2.39. The molecule has 5 amide bonds. The van der Waals surface area contributed by atoms with Crippen molar-refractivity contribution >= 4 is 75.4 Å². The summed E-state index contributed by atoms with van der Waals surface area (Å²) in [6.45, 7) is 20.4. The van der Waals surface area contributed by atoms with Gasteiger partial charge in [0.05, 0.1) is 22.6 Å². The molecule has 0 spiro atoms. The van der Waals surface area contributed by atoms with Crippen LogP contribution in [0.5, 0.6) is 0 Å². The minimum atomic E-state index is -1.26. The van der Waals surface area contributed by atoms with Gasteiger partial charge in [-0.05, 0) is 117 Å². The fourth-order valence-electron chi connectivity index (χ4n) is 6.66. The summed E-state index contributed by atoms with van der Waals surface area (Å²) in [7, 11) is 0. The Morgan fingerprint density at radius 1 is 0.625 bits per heavy atom. The Morgan fingerprint density at radius 3 is 1.62 bits per heavy atom. The summed E-state index contributed by atoms with van der Waals surface area (Å²) in [6, 6.07) is 7.50. The molecule has 0 heterocycles. The smallest absolute Gasteiger partial charge is 0.247 e. The van der Waals surface area contributed by atoms with Crippen LogP contribution >= 0.6 is 24.4 Å². The number of benzene rings is 1. The Balaban J connectivity index is 2.56. The number of hydroxylamine groups is 6. The molecule has 0 radical (unpaired) electrons. The van der Waals surface area contributed by atoms with Crippen LogP contribution in [0.2, 0.25) is 0 Å². The minimum absolute atomic E-state index is 0.00421. The summed E-state index contributed by atoms with van der Waals surface area (Å²) >= 11 is 10.6. The van der Waals surface area contributed by atoms with E-state index in [4.69, 9.17) is 24.4 Å². The van der Waals surface area contributed by atoms with Crippen molar-refractivity contribution in [1.29, 1.82) is 0 Å². The Bertz CT molecular complexity index is 1580. The summed E-state index contributed by atoms with van der Waals surface area (Å²) in [5.74, 6) is -2.93. The van der Waals surface area contributed by atoms with E-state index in [1.165, 1.54) is 20.8 Å². The summed E-state index contributed by atoms with van der Waals surface area (Å²) in [5.41, 5.74) is -2.51. The van der Waals surface area contributed by atoms with Gasteiger partial charge in [-0.3, -0.25) is 39.6 Å². The van der Waals surface area contributed by atoms with Crippen molar-refractivity contribution in [2.24, 2.45) is 5.41 Å². The second-order valence-electron chi connectivity index (χ2n) is 17.6. The van der Waals surface area contributed by atoms with Crippen molar-refractivity contribution in [2.75, 3.05) is 23.7 Å². The maximum absolute atomic E-state index is 12.8. The number of nitrogens with one attached hydrogen (secondary N) is 5. The molecule has 0 bridgehead atoms. The highest BCUT2D eigenvalue weighted by molar-refractivity contribution is 7.80. The summed E-state index contributed by atoms with van der Waals surface area (Å²) < 4.78 is 0. The number of anilines is 2. The molecule has 0 aliphatic heterocycles. The van der Waals surface area contributed by atoms with E-state index in [2.05, 4.69) is 26.6 Å². The third-order valence-electron chi connectivity index (χ3n) is 8.58. The van der Waals surface area contributed by atoms with Gasteiger partial charge in [0.2, 0.25) is 29.5 Å². The van der Waals surface area contributed by atoms with Gasteiger partial charge < -0.3 is 26.6 Å². The van der Waals surface area contributed by atoms with Crippen molar-refractivity contribution in [3.63, 3.8) is 0 Å². The zero-order valence-corrected chi connectivity index (χ0v) is 36.6. The molecular formula is C38H64N8O8S2. The van der Waals surface area contributed by atoms with E-state index in [0.717, 1.165) is 11.4 Å². The number of rotatable bonds is 20. The molecule has 18 heteroatoms. The molecule has 1 rings (SSSR count). The van der Waals surface area contributed by atoms with Gasteiger partial charge in [0.15, 0.2) is 5.11 Å². The van der Waals surface area contributed by atoms with Crippen LogP contribution in [-0.4, -0.2) is 106 Å². The molecule has 0 saturated heterocycles. The summed E-state index contributed by atoms with van der Waals surface area (Å²) in [4.78, 5) is 63.1. The monoisotopic (exact) mass is 824 g/mol. The Labute approximate surface area is 342 Å². The lowest BCUT2D eigenvalue weighted by atomic mass is 9.80. The zero-order valence-electron chi connectivity index (χ0n) is 35.0. The second-order valence-corrected chi connectivity index (χ2v) is 18.6. The number of nitrogens with zero attached hydrogens (tertiary/aromatic N) is 3. The normalized spacial score (nSPS) is 12.2. The standard InChI is InChI=1S/C38H64N8O8S2/c1-25(55)40-27-13-15-28(16-14-27)41-33(56)43-35(5,6)21-34(3,4)24-44(52)31(50)19-17-29(48)39-23-38(11,12)46(54)32(51)20-18-30(49)42-36(7,8)22-37(9,10)45(53)26(2)47/h13-16,52-54H,17-24H2,1-12H3,(H,39,48)(H,40,55)(H,42,49)(H2,41,43,56). The Kier molecular flexibility index (Phi) is 18.3. The lowest BCUT2D eigenvalue weighted by Crippen LogP contribution is -2.54. The fraction of sp³-hybridized carbons (Fsp3) is 0.658. The van der Waals surface area contributed by atoms with Gasteiger partial charge in [-0.1, -0.05) is 26.1 Å². The van der Waals surface area contributed by atoms with E-state index in [1.54, 1.807) is 34.6 Å². The zero-order chi connectivity index (χ0) is 43.4. The minimum Gasteiger partial charge on any atom is -0.358 e. The third kappa shape index (κ3) is 18.3. The first-order valence-corrected chi connectivity index (χ1v) is 19.2. The molecule has 0 aromatic heterocycles. The first kappa shape index (κ1) is 50.0. The second kappa shape index (κ2) is 20.5. The van der Waals surface area contributed by atoms with E-state index in [0.29, 0.717) is 31.7 Å². The molecule has 0 aliphatic carbocycles. The number of thiocarbonyl (C=S) groups is 2. The van der Waals surface area contributed by atoms with Crippen LogP contribution in [0.4, 0.5) is 11.4 Å². The number of hydrogen-bond acceptors (Lipinski definition) is 10. The van der Waals surface area contributed by atoms with Crippen molar-refractivity contribution in [3.05, 3.63) is 24.3 Å². The van der Waals surface area contributed by atoms with E-state index in [9.17, 15) is 39.6 Å². The van der Waals surface area contributed by atoms with Gasteiger partial charge in [0, 0.05) is 61.6 Å². The van der Waals surface area contributed by atoms with Crippen LogP contribution in [0, 0.1) is 5.41 Å². The Hall–Kier alpha value is -3.97. The molecule has 0 saturated carbocycles. The van der Waals surface area contributed by atoms with E-state index in [1.807, 2.05) is 52.0 Å². The maximum atomic E-state index is 12.8. The molecule has 0 fully saturated rings. The predicted octanol–water partition coefficient (Wildman–Crippen LogP) is 5.12. The molecule has 1 aromatic carbocycles. The molecule has 0 aliphatic rings. The summed E-state index contributed by atoms with van der Waals surface area (Å²) in [5, 5.41) is 48.3. The van der Waals surface area contributed by atoms with Gasteiger partial charge in [-0.2, -0.15) is 0 Å². The van der Waals surface area contributed by atoms with E-state index in [-0.39, 0.29) is 45.2 Å². The maximum Gasteiger partial charge on any atom is 0.247 e. The van der Waals surface area contributed by atoms with Crippen LogP contribution in [0.15, 0.2) is 24.3 Å². The first-order chi connectivity index (χ1) is 25.4. The summed E-state index contributed by atoms with van der Waals surface area (Å²) in [6.07, 6.45) is -0.354. The van der Waals surface area contributed by atoms with Gasteiger partial charge in [0.25, 0.3) is 0 Å². The molecule has 1 aromatic rings. The number of carbonyl (C=O) groups excluding carboxylic acids is 5. The average Bonchev–Trinajstić information content (AvgIpc) is 3.02. The third-order valence-corrected chi connectivity index (χ3v) is 8.89. The SMILES string of the molecule is CC(=O)N(O)C(C)(C)CC(C)(C)NC(=O)CCC(=O)N(O)C(C)(C)CNC(=O)CCC(=O)N(O)CC(C)(C)CC(C)(C)NC(=S)Nc1ccc(NC(C)=S)cc1. The lowest BCUT2D eigenvalue weighted by molar-refractivity contribution is -0.190. The van der Waals surface area contributed by atoms with Crippen LogP contribution < -0.4 is 26.6 Å². The van der Waals surface area contributed by atoms with Gasteiger partial charge in [0.1, 0.15) is 0 Å². The molecule has 8 N–H and O–H groups in total. The quantitative estimate of drug-likeness (QED) is 0.0488. The average molecular weight is 825 g/mol. The van der Waals surface area contributed by atoms with E-state index < -0.39 is 57.1 Å². The molecular weight excluding hydrogens is 761 g/mol. The van der Waals surface area contributed by atoms with Crippen molar-refractivity contribution < 1.29 is 39.6 Å². The molecule has 316 valence electrons. The van der Waals surface area contributed by atoms with Crippen LogP contribution in [-0.2, 0) is 24.0 Å². The van der Waals surface area contributed by atoms with Gasteiger partial charge in [-0.25, -0.2) is 15.2 Å².